The molecule has 1 heterocycles. The molecule has 1 aliphatic rings. The minimum absolute atomic E-state index is 0.0336. The quantitative estimate of drug-likeness (QED) is 0.654. The predicted molar refractivity (Wildman–Crippen MR) is 47.7 cm³/mol. The number of ether oxygens (including phenoxy) is 1. The minimum Gasteiger partial charge on any atom is -0.447 e. The van der Waals surface area contributed by atoms with Crippen molar-refractivity contribution in [1.29, 1.82) is 0 Å². The topological polar surface area (TPSA) is 29.5 Å². The summed E-state index contributed by atoms with van der Waals surface area (Å²) in [5.41, 5.74) is 1.06. The van der Waals surface area contributed by atoms with Gasteiger partial charge in [0.25, 0.3) is 0 Å². The Morgan fingerprint density at radius 3 is 2.62 bits per heavy atom. The number of rotatable bonds is 1. The molecule has 0 bridgehead atoms. The fraction of sp³-hybridized carbons (Fsp3) is 0.200. The Hall–Kier alpha value is -1.51. The van der Waals surface area contributed by atoms with Crippen LogP contribution in [0.25, 0.3) is 0 Å². The lowest BCUT2D eigenvalue weighted by molar-refractivity contribution is 0.165. The van der Waals surface area contributed by atoms with Crippen LogP contribution in [0.2, 0.25) is 0 Å². The summed E-state index contributed by atoms with van der Waals surface area (Å²) in [5, 5.41) is 0. The minimum atomic E-state index is -0.353. The third-order valence-corrected chi connectivity index (χ3v) is 2.16. The highest BCUT2D eigenvalue weighted by Crippen LogP contribution is 2.25. The highest BCUT2D eigenvalue weighted by molar-refractivity contribution is 5.70. The zero-order chi connectivity index (χ0) is 9.26. The molecule has 1 radical (unpaired) electrons. The Kier molecular flexibility index (Phi) is 1.93. The molecule has 0 aromatic heterocycles. The third kappa shape index (κ3) is 1.37. The van der Waals surface area contributed by atoms with Crippen molar-refractivity contribution in [3.8, 4) is 0 Å². The highest BCUT2D eigenvalue weighted by atomic mass is 16.6. The molecular weight excluding hydrogens is 166 g/mol. The largest absolute Gasteiger partial charge is 0.447 e. The van der Waals surface area contributed by atoms with Gasteiger partial charge in [0.05, 0.1) is 6.04 Å². The Morgan fingerprint density at radius 2 is 2.08 bits per heavy atom. The van der Waals surface area contributed by atoms with Crippen LogP contribution in [0.5, 0.6) is 0 Å². The standard InChI is InChI=1S/C10H10NO2/c1-11-9(7-13-10(11)12)8-5-3-2-4-6-8/h2-6,9H,1,7H2/t9-/m1/s1. The zero-order valence-electron chi connectivity index (χ0n) is 7.14. The molecule has 0 saturated carbocycles. The van der Waals surface area contributed by atoms with Crippen molar-refractivity contribution in [2.75, 3.05) is 6.61 Å². The van der Waals surface area contributed by atoms with Crippen LogP contribution in [0.1, 0.15) is 11.6 Å². The summed E-state index contributed by atoms with van der Waals surface area (Å²) in [4.78, 5) is 12.4. The van der Waals surface area contributed by atoms with E-state index in [0.717, 1.165) is 5.56 Å². The fourth-order valence-electron chi connectivity index (χ4n) is 1.40. The second-order valence-corrected chi connectivity index (χ2v) is 2.97. The van der Waals surface area contributed by atoms with Gasteiger partial charge in [-0.05, 0) is 5.56 Å². The fourth-order valence-corrected chi connectivity index (χ4v) is 1.40. The van der Waals surface area contributed by atoms with Crippen LogP contribution in [0, 0.1) is 7.05 Å². The molecule has 3 nitrogen and oxygen atoms in total. The van der Waals surface area contributed by atoms with E-state index in [0.29, 0.717) is 6.61 Å². The molecule has 1 aromatic rings. The molecule has 1 aliphatic heterocycles. The van der Waals surface area contributed by atoms with Crippen LogP contribution >= 0.6 is 0 Å². The van der Waals surface area contributed by atoms with Crippen LogP contribution in [0.15, 0.2) is 30.3 Å². The molecule has 1 fully saturated rings. The highest BCUT2D eigenvalue weighted by Gasteiger charge is 2.30. The predicted octanol–water partition coefficient (Wildman–Crippen LogP) is 1.97. The second-order valence-electron chi connectivity index (χ2n) is 2.97. The van der Waals surface area contributed by atoms with Gasteiger partial charge in [-0.3, -0.25) is 4.90 Å². The van der Waals surface area contributed by atoms with Crippen molar-refractivity contribution in [2.45, 2.75) is 6.04 Å². The molecule has 3 heteroatoms. The maximum absolute atomic E-state index is 11.0. The maximum atomic E-state index is 11.0. The van der Waals surface area contributed by atoms with Gasteiger partial charge in [-0.15, -0.1) is 0 Å². The summed E-state index contributed by atoms with van der Waals surface area (Å²) in [6, 6.07) is 9.70. The smallest absolute Gasteiger partial charge is 0.410 e. The molecule has 0 unspecified atom stereocenters. The van der Waals surface area contributed by atoms with Gasteiger partial charge in [0.2, 0.25) is 0 Å². The van der Waals surface area contributed by atoms with Gasteiger partial charge in [-0.1, -0.05) is 30.3 Å². The average Bonchev–Trinajstić information content (AvgIpc) is 2.49. The molecular formula is C10H10NO2. The zero-order valence-corrected chi connectivity index (χ0v) is 7.14. The van der Waals surface area contributed by atoms with Crippen molar-refractivity contribution in [3.63, 3.8) is 0 Å². The number of cyclic esters (lactones) is 1. The van der Waals surface area contributed by atoms with Crippen LogP contribution < -0.4 is 0 Å². The first kappa shape index (κ1) is 8.10. The normalized spacial score (nSPS) is 21.8. The molecule has 1 atom stereocenters. The van der Waals surface area contributed by atoms with Crippen LogP contribution in [-0.2, 0) is 4.74 Å². The first-order valence-electron chi connectivity index (χ1n) is 4.10. The van der Waals surface area contributed by atoms with Gasteiger partial charge in [0.1, 0.15) is 6.61 Å². The summed E-state index contributed by atoms with van der Waals surface area (Å²) in [6.45, 7) is 0.395. The van der Waals surface area contributed by atoms with E-state index in [-0.39, 0.29) is 12.1 Å². The molecule has 0 N–H and O–H groups in total. The van der Waals surface area contributed by atoms with Crippen molar-refractivity contribution in [2.24, 2.45) is 0 Å². The van der Waals surface area contributed by atoms with Crippen LogP contribution in [0.4, 0.5) is 4.79 Å². The summed E-state index contributed by atoms with van der Waals surface area (Å²) in [5.74, 6) is 0. The van der Waals surface area contributed by atoms with Crippen molar-refractivity contribution >= 4 is 6.09 Å². The van der Waals surface area contributed by atoms with Gasteiger partial charge >= 0.3 is 6.09 Å². The number of amides is 1. The number of carbonyl (C=O) groups excluding carboxylic acids is 1. The van der Waals surface area contributed by atoms with E-state index < -0.39 is 0 Å². The van der Waals surface area contributed by atoms with E-state index >= 15 is 0 Å². The van der Waals surface area contributed by atoms with E-state index in [1.807, 2.05) is 30.3 Å². The number of hydrogen-bond acceptors (Lipinski definition) is 2. The first-order valence-corrected chi connectivity index (χ1v) is 4.10. The monoisotopic (exact) mass is 176 g/mol. The summed E-state index contributed by atoms with van der Waals surface area (Å²) < 4.78 is 4.86. The Balaban J connectivity index is 2.24. The van der Waals surface area contributed by atoms with E-state index in [2.05, 4.69) is 7.05 Å². The lowest BCUT2D eigenvalue weighted by Gasteiger charge is -2.15. The van der Waals surface area contributed by atoms with Gasteiger partial charge in [-0.25, -0.2) is 4.79 Å². The number of nitrogens with zero attached hydrogens (tertiary/aromatic N) is 1. The molecule has 1 saturated heterocycles. The van der Waals surface area contributed by atoms with E-state index in [1.54, 1.807) is 0 Å². The number of hydrogen-bond donors (Lipinski definition) is 0. The molecule has 2 rings (SSSR count). The average molecular weight is 176 g/mol. The van der Waals surface area contributed by atoms with Gasteiger partial charge in [-0.2, -0.15) is 0 Å². The van der Waals surface area contributed by atoms with E-state index in [9.17, 15) is 4.79 Å². The van der Waals surface area contributed by atoms with Gasteiger partial charge < -0.3 is 4.74 Å². The molecule has 1 aromatic carbocycles. The van der Waals surface area contributed by atoms with Gasteiger partial charge in [0, 0.05) is 7.05 Å². The summed E-state index contributed by atoms with van der Waals surface area (Å²) in [6.07, 6.45) is -0.353. The Labute approximate surface area is 76.9 Å². The van der Waals surface area contributed by atoms with Crippen molar-refractivity contribution < 1.29 is 9.53 Å². The lowest BCUT2D eigenvalue weighted by atomic mass is 10.1. The molecule has 0 aliphatic carbocycles. The number of benzene rings is 1. The van der Waals surface area contributed by atoms with E-state index in [4.69, 9.17) is 4.74 Å². The summed E-state index contributed by atoms with van der Waals surface area (Å²) in [7, 11) is 3.64. The third-order valence-electron chi connectivity index (χ3n) is 2.16. The molecule has 13 heavy (non-hydrogen) atoms. The first-order chi connectivity index (χ1) is 6.29. The SMILES string of the molecule is [CH2]N1C(=O)OC[C@@H]1c1ccccc1. The molecule has 0 spiro atoms. The van der Waals surface area contributed by atoms with E-state index in [1.165, 1.54) is 4.90 Å². The number of carbonyl (C=O) groups is 1. The Morgan fingerprint density at radius 1 is 1.38 bits per heavy atom. The summed E-state index contributed by atoms with van der Waals surface area (Å²) >= 11 is 0. The molecule has 1 amide bonds. The molecule has 67 valence electrons. The second kappa shape index (κ2) is 3.09. The lowest BCUT2D eigenvalue weighted by Crippen LogP contribution is -2.19. The van der Waals surface area contributed by atoms with Crippen molar-refractivity contribution in [1.82, 2.24) is 4.90 Å². The Bertz CT molecular complexity index is 310. The van der Waals surface area contributed by atoms with Crippen LogP contribution in [-0.4, -0.2) is 17.6 Å². The maximum Gasteiger partial charge on any atom is 0.410 e. The van der Waals surface area contributed by atoms with Crippen molar-refractivity contribution in [3.05, 3.63) is 42.9 Å². The van der Waals surface area contributed by atoms with Crippen LogP contribution in [0.3, 0.4) is 0 Å². The van der Waals surface area contributed by atoms with Gasteiger partial charge in [0.15, 0.2) is 0 Å².